The average Bonchev–Trinajstić information content (AvgIpc) is 2.33. The highest BCUT2D eigenvalue weighted by atomic mass is 16.5. The van der Waals surface area contributed by atoms with Crippen molar-refractivity contribution < 1.29 is 9.53 Å². The lowest BCUT2D eigenvalue weighted by atomic mass is 9.81. The molecule has 0 unspecified atom stereocenters. The maximum atomic E-state index is 12.2. The zero-order chi connectivity index (χ0) is 11.5. The molecule has 1 aliphatic carbocycles. The van der Waals surface area contributed by atoms with Crippen molar-refractivity contribution in [3.8, 4) is 5.75 Å². The topological polar surface area (TPSA) is 26.3 Å². The number of Topliss-reactive ketones (excluding diaryl/α,β-unsaturated/α-hetero) is 1. The Morgan fingerprint density at radius 3 is 3.06 bits per heavy atom. The van der Waals surface area contributed by atoms with Crippen LogP contribution in [0.15, 0.2) is 30.9 Å². The molecule has 1 atom stereocenters. The molecule has 2 nitrogen and oxygen atoms in total. The third-order valence-electron chi connectivity index (χ3n) is 3.17. The highest BCUT2D eigenvalue weighted by Gasteiger charge is 2.26. The number of fused-ring (bicyclic) bond motifs is 1. The molecule has 0 bridgehead atoms. The molecule has 0 amide bonds. The van der Waals surface area contributed by atoms with Crippen LogP contribution >= 0.6 is 0 Å². The lowest BCUT2D eigenvalue weighted by Gasteiger charge is -2.22. The summed E-state index contributed by atoms with van der Waals surface area (Å²) in [6.45, 7) is 3.70. The number of methoxy groups -OCH3 is 1. The van der Waals surface area contributed by atoms with Gasteiger partial charge in [-0.1, -0.05) is 12.1 Å². The summed E-state index contributed by atoms with van der Waals surface area (Å²) in [5.74, 6) is 1.10. The van der Waals surface area contributed by atoms with Gasteiger partial charge in [0.25, 0.3) is 0 Å². The molecule has 2 rings (SSSR count). The predicted molar refractivity (Wildman–Crippen MR) is 63.9 cm³/mol. The lowest BCUT2D eigenvalue weighted by molar-refractivity contribution is 0.0903. The molecule has 0 spiro atoms. The predicted octanol–water partition coefficient (Wildman–Crippen LogP) is 3.02. The smallest absolute Gasteiger partial charge is 0.166 e. The first-order valence-corrected chi connectivity index (χ1v) is 5.58. The number of ether oxygens (including phenoxy) is 1. The van der Waals surface area contributed by atoms with Crippen LogP contribution in [0.25, 0.3) is 0 Å². The molecule has 0 saturated heterocycles. The SMILES string of the molecule is C=CC[C@H]1CCc2ccc(OC)cc2C1=O. The summed E-state index contributed by atoms with van der Waals surface area (Å²) >= 11 is 0. The van der Waals surface area contributed by atoms with Crippen LogP contribution in [-0.4, -0.2) is 12.9 Å². The molecule has 1 aliphatic rings. The van der Waals surface area contributed by atoms with Crippen LogP contribution in [-0.2, 0) is 6.42 Å². The van der Waals surface area contributed by atoms with Crippen LogP contribution in [0.1, 0.15) is 28.8 Å². The molecule has 0 fully saturated rings. The molecule has 1 aromatic rings. The lowest BCUT2D eigenvalue weighted by Crippen LogP contribution is -2.22. The van der Waals surface area contributed by atoms with Gasteiger partial charge in [0.05, 0.1) is 7.11 Å². The fourth-order valence-corrected chi connectivity index (χ4v) is 2.24. The Morgan fingerprint density at radius 2 is 2.38 bits per heavy atom. The molecule has 0 N–H and O–H groups in total. The standard InChI is InChI=1S/C14H16O2/c1-3-4-11-6-5-10-7-8-12(16-2)9-13(10)14(11)15/h3,7-9,11H,1,4-6H2,2H3/t11-/m0/s1. The summed E-state index contributed by atoms with van der Waals surface area (Å²) < 4.78 is 5.15. The van der Waals surface area contributed by atoms with Crippen molar-refractivity contribution >= 4 is 5.78 Å². The number of hydrogen-bond donors (Lipinski definition) is 0. The Hall–Kier alpha value is -1.57. The van der Waals surface area contributed by atoms with Crippen molar-refractivity contribution in [1.29, 1.82) is 0 Å². The van der Waals surface area contributed by atoms with E-state index in [1.807, 2.05) is 24.3 Å². The van der Waals surface area contributed by atoms with Gasteiger partial charge in [-0.15, -0.1) is 6.58 Å². The summed E-state index contributed by atoms with van der Waals surface area (Å²) in [5.41, 5.74) is 1.98. The number of carbonyl (C=O) groups excluding carboxylic acids is 1. The molecule has 1 aromatic carbocycles. The summed E-state index contributed by atoms with van der Waals surface area (Å²) in [6, 6.07) is 5.77. The Labute approximate surface area is 95.9 Å². The van der Waals surface area contributed by atoms with Gasteiger partial charge < -0.3 is 4.74 Å². The van der Waals surface area contributed by atoms with E-state index in [2.05, 4.69) is 6.58 Å². The third-order valence-corrected chi connectivity index (χ3v) is 3.17. The fraction of sp³-hybridized carbons (Fsp3) is 0.357. The highest BCUT2D eigenvalue weighted by Crippen LogP contribution is 2.30. The molecule has 0 aliphatic heterocycles. The normalized spacial score (nSPS) is 19.1. The minimum Gasteiger partial charge on any atom is -0.497 e. The van der Waals surface area contributed by atoms with Crippen molar-refractivity contribution in [1.82, 2.24) is 0 Å². The fourth-order valence-electron chi connectivity index (χ4n) is 2.24. The number of ketones is 1. The van der Waals surface area contributed by atoms with Gasteiger partial charge >= 0.3 is 0 Å². The minimum absolute atomic E-state index is 0.108. The van der Waals surface area contributed by atoms with Crippen LogP contribution < -0.4 is 4.74 Å². The van der Waals surface area contributed by atoms with Gasteiger partial charge in [0.15, 0.2) is 5.78 Å². The second kappa shape index (κ2) is 4.52. The molecule has 16 heavy (non-hydrogen) atoms. The Kier molecular flexibility index (Phi) is 3.09. The first-order chi connectivity index (χ1) is 7.76. The van der Waals surface area contributed by atoms with E-state index in [4.69, 9.17) is 4.74 Å². The Balaban J connectivity index is 2.34. The summed E-state index contributed by atoms with van der Waals surface area (Å²) in [6.07, 6.45) is 4.51. The molecule has 2 heteroatoms. The molecular formula is C14H16O2. The van der Waals surface area contributed by atoms with Crippen LogP contribution in [0, 0.1) is 5.92 Å². The number of benzene rings is 1. The van der Waals surface area contributed by atoms with Gasteiger partial charge in [0, 0.05) is 11.5 Å². The van der Waals surface area contributed by atoms with E-state index >= 15 is 0 Å². The van der Waals surface area contributed by atoms with E-state index < -0.39 is 0 Å². The Bertz CT molecular complexity index is 421. The van der Waals surface area contributed by atoms with Crippen LogP contribution in [0.5, 0.6) is 5.75 Å². The van der Waals surface area contributed by atoms with Crippen molar-refractivity contribution in [2.45, 2.75) is 19.3 Å². The largest absolute Gasteiger partial charge is 0.497 e. The van der Waals surface area contributed by atoms with Crippen molar-refractivity contribution in [2.24, 2.45) is 5.92 Å². The van der Waals surface area contributed by atoms with Crippen LogP contribution in [0.2, 0.25) is 0 Å². The zero-order valence-electron chi connectivity index (χ0n) is 9.53. The molecular weight excluding hydrogens is 200 g/mol. The summed E-state index contributed by atoms with van der Waals surface area (Å²) in [5, 5.41) is 0. The summed E-state index contributed by atoms with van der Waals surface area (Å²) in [7, 11) is 1.62. The molecule has 0 radical (unpaired) electrons. The van der Waals surface area contributed by atoms with E-state index in [1.165, 1.54) is 0 Å². The quantitative estimate of drug-likeness (QED) is 0.726. The van der Waals surface area contributed by atoms with Crippen LogP contribution in [0.4, 0.5) is 0 Å². The summed E-state index contributed by atoms with van der Waals surface area (Å²) in [4.78, 5) is 12.2. The maximum Gasteiger partial charge on any atom is 0.166 e. The van der Waals surface area contributed by atoms with Gasteiger partial charge in [0.2, 0.25) is 0 Å². The van der Waals surface area contributed by atoms with E-state index in [1.54, 1.807) is 7.11 Å². The van der Waals surface area contributed by atoms with Crippen LogP contribution in [0.3, 0.4) is 0 Å². The highest BCUT2D eigenvalue weighted by molar-refractivity contribution is 6.00. The monoisotopic (exact) mass is 216 g/mol. The molecule has 0 heterocycles. The number of carbonyl (C=O) groups is 1. The average molecular weight is 216 g/mol. The number of hydrogen-bond acceptors (Lipinski definition) is 2. The first kappa shape index (κ1) is 10.9. The number of aryl methyl sites for hydroxylation is 1. The maximum absolute atomic E-state index is 12.2. The van der Waals surface area contributed by atoms with Gasteiger partial charge in [-0.05, 0) is 37.0 Å². The second-order valence-electron chi connectivity index (χ2n) is 4.15. The minimum atomic E-state index is 0.108. The van der Waals surface area contributed by atoms with E-state index in [-0.39, 0.29) is 11.7 Å². The van der Waals surface area contributed by atoms with Gasteiger partial charge in [-0.3, -0.25) is 4.79 Å². The third kappa shape index (κ3) is 1.87. The van der Waals surface area contributed by atoms with Gasteiger partial charge in [0.1, 0.15) is 5.75 Å². The van der Waals surface area contributed by atoms with Crippen molar-refractivity contribution in [3.63, 3.8) is 0 Å². The Morgan fingerprint density at radius 1 is 1.56 bits per heavy atom. The van der Waals surface area contributed by atoms with Gasteiger partial charge in [-0.25, -0.2) is 0 Å². The molecule has 0 aromatic heterocycles. The van der Waals surface area contributed by atoms with Crippen molar-refractivity contribution in [3.05, 3.63) is 42.0 Å². The molecule has 0 saturated carbocycles. The number of rotatable bonds is 3. The first-order valence-electron chi connectivity index (χ1n) is 5.58. The van der Waals surface area contributed by atoms with Crippen molar-refractivity contribution in [2.75, 3.05) is 7.11 Å². The van der Waals surface area contributed by atoms with Gasteiger partial charge in [-0.2, -0.15) is 0 Å². The van der Waals surface area contributed by atoms with E-state index in [0.717, 1.165) is 36.1 Å². The second-order valence-corrected chi connectivity index (χ2v) is 4.15. The van der Waals surface area contributed by atoms with E-state index in [0.29, 0.717) is 0 Å². The number of allylic oxidation sites excluding steroid dienone is 1. The zero-order valence-corrected chi connectivity index (χ0v) is 9.53. The van der Waals surface area contributed by atoms with E-state index in [9.17, 15) is 4.79 Å². The molecule has 84 valence electrons.